The maximum atomic E-state index is 10.9. The molecule has 3 rings (SSSR count). The second kappa shape index (κ2) is 5.17. The van der Waals surface area contributed by atoms with Crippen LogP contribution in [0, 0.1) is 0 Å². The Morgan fingerprint density at radius 2 is 1.90 bits per heavy atom. The van der Waals surface area contributed by atoms with Crippen molar-refractivity contribution in [3.05, 3.63) is 64.8 Å². The molecular formula is C17H17ClN2O. The second-order valence-electron chi connectivity index (χ2n) is 5.82. The number of aromatic amines is 1. The largest absolute Gasteiger partial charge is 0.387 e. The van der Waals surface area contributed by atoms with Gasteiger partial charge in [0.05, 0.1) is 17.8 Å². The summed E-state index contributed by atoms with van der Waals surface area (Å²) in [5, 5.41) is 19.4. The van der Waals surface area contributed by atoms with Gasteiger partial charge >= 0.3 is 0 Å². The number of aliphatic hydroxyl groups excluding tert-OH is 1. The normalized spacial score (nSPS) is 13.5. The van der Waals surface area contributed by atoms with Crippen LogP contribution in [0.4, 0.5) is 0 Å². The summed E-state index contributed by atoms with van der Waals surface area (Å²) in [6.07, 6.45) is 1.02. The van der Waals surface area contributed by atoms with Crippen LogP contribution in [0.25, 0.3) is 10.9 Å². The van der Waals surface area contributed by atoms with Crippen LogP contribution in [-0.4, -0.2) is 15.3 Å². The highest BCUT2D eigenvalue weighted by Gasteiger charge is 2.32. The highest BCUT2D eigenvalue weighted by atomic mass is 35.5. The highest BCUT2D eigenvalue weighted by Crippen LogP contribution is 2.39. The van der Waals surface area contributed by atoms with Crippen molar-refractivity contribution in [2.75, 3.05) is 0 Å². The minimum Gasteiger partial charge on any atom is -0.387 e. The molecule has 0 fully saturated rings. The number of nitrogens with zero attached hydrogens (tertiary/aromatic N) is 1. The molecule has 1 atom stereocenters. The van der Waals surface area contributed by atoms with Gasteiger partial charge in [0.15, 0.2) is 0 Å². The van der Waals surface area contributed by atoms with Gasteiger partial charge in [-0.05, 0) is 17.7 Å². The van der Waals surface area contributed by atoms with Gasteiger partial charge in [0, 0.05) is 21.4 Å². The van der Waals surface area contributed by atoms with Crippen LogP contribution in [0.5, 0.6) is 0 Å². The van der Waals surface area contributed by atoms with Gasteiger partial charge in [-0.25, -0.2) is 0 Å². The Morgan fingerprint density at radius 1 is 1.19 bits per heavy atom. The van der Waals surface area contributed by atoms with Gasteiger partial charge in [0.2, 0.25) is 0 Å². The van der Waals surface area contributed by atoms with Gasteiger partial charge in [-0.15, -0.1) is 0 Å². The lowest BCUT2D eigenvalue weighted by Crippen LogP contribution is -2.27. The Balaban J connectivity index is 2.12. The monoisotopic (exact) mass is 300 g/mol. The second-order valence-corrected chi connectivity index (χ2v) is 6.26. The molecule has 0 aliphatic carbocycles. The topological polar surface area (TPSA) is 48.9 Å². The first-order valence-electron chi connectivity index (χ1n) is 6.86. The van der Waals surface area contributed by atoms with Crippen LogP contribution in [0.3, 0.4) is 0 Å². The molecule has 0 aliphatic heterocycles. The van der Waals surface area contributed by atoms with Crippen LogP contribution in [0.15, 0.2) is 48.7 Å². The smallest absolute Gasteiger partial charge is 0.0902 e. The van der Waals surface area contributed by atoms with Crippen molar-refractivity contribution in [1.82, 2.24) is 10.2 Å². The molecule has 0 saturated heterocycles. The Morgan fingerprint density at radius 3 is 2.62 bits per heavy atom. The third kappa shape index (κ3) is 2.43. The molecule has 0 bridgehead atoms. The first-order valence-corrected chi connectivity index (χ1v) is 7.24. The summed E-state index contributed by atoms with van der Waals surface area (Å²) < 4.78 is 0. The van der Waals surface area contributed by atoms with Crippen LogP contribution in [0.1, 0.15) is 31.1 Å². The number of H-pyrrole nitrogens is 1. The van der Waals surface area contributed by atoms with Crippen molar-refractivity contribution in [2.45, 2.75) is 25.4 Å². The Labute approximate surface area is 128 Å². The molecule has 3 aromatic rings. The molecular weight excluding hydrogens is 284 g/mol. The van der Waals surface area contributed by atoms with Crippen molar-refractivity contribution < 1.29 is 5.11 Å². The minimum atomic E-state index is -0.693. The number of fused-ring (bicyclic) bond motifs is 1. The van der Waals surface area contributed by atoms with E-state index >= 15 is 0 Å². The van der Waals surface area contributed by atoms with Gasteiger partial charge in [-0.1, -0.05) is 55.8 Å². The summed E-state index contributed by atoms with van der Waals surface area (Å²) in [6.45, 7) is 4.05. The molecule has 0 saturated carbocycles. The average molecular weight is 301 g/mol. The molecule has 108 valence electrons. The molecule has 3 nitrogen and oxygen atoms in total. The van der Waals surface area contributed by atoms with Gasteiger partial charge in [-0.3, -0.25) is 5.10 Å². The standard InChI is InChI=1S/C17H17ClN2O/c1-17(2,12-6-4-3-5-7-12)16(21)14-9-13(18)8-11-10-19-20-15(11)14/h3-10,16,21H,1-2H3,(H,19,20). The molecule has 0 radical (unpaired) electrons. The molecule has 1 heterocycles. The lowest BCUT2D eigenvalue weighted by atomic mass is 9.76. The van der Waals surface area contributed by atoms with Crippen molar-refractivity contribution in [1.29, 1.82) is 0 Å². The van der Waals surface area contributed by atoms with Gasteiger partial charge in [0.25, 0.3) is 0 Å². The summed E-state index contributed by atoms with van der Waals surface area (Å²) >= 11 is 6.17. The summed E-state index contributed by atoms with van der Waals surface area (Å²) in [4.78, 5) is 0. The molecule has 0 aliphatic rings. The third-order valence-corrected chi connectivity index (χ3v) is 4.26. The fraction of sp³-hybridized carbons (Fsp3) is 0.235. The van der Waals surface area contributed by atoms with E-state index in [-0.39, 0.29) is 0 Å². The van der Waals surface area contributed by atoms with Gasteiger partial charge in [-0.2, -0.15) is 5.10 Å². The molecule has 0 spiro atoms. The lowest BCUT2D eigenvalue weighted by Gasteiger charge is -2.31. The Bertz CT molecular complexity index is 765. The van der Waals surface area contributed by atoms with E-state index in [2.05, 4.69) is 10.2 Å². The van der Waals surface area contributed by atoms with E-state index in [0.717, 1.165) is 22.0 Å². The summed E-state index contributed by atoms with van der Waals surface area (Å²) in [7, 11) is 0. The zero-order valence-corrected chi connectivity index (χ0v) is 12.7. The van der Waals surface area contributed by atoms with E-state index in [4.69, 9.17) is 11.6 Å². The maximum Gasteiger partial charge on any atom is 0.0902 e. The van der Waals surface area contributed by atoms with Crippen molar-refractivity contribution >= 4 is 22.5 Å². The van der Waals surface area contributed by atoms with E-state index in [9.17, 15) is 5.11 Å². The lowest BCUT2D eigenvalue weighted by molar-refractivity contribution is 0.101. The third-order valence-electron chi connectivity index (χ3n) is 4.04. The number of aromatic nitrogens is 2. The van der Waals surface area contributed by atoms with Crippen LogP contribution in [0.2, 0.25) is 5.02 Å². The van der Waals surface area contributed by atoms with Crippen LogP contribution in [-0.2, 0) is 5.41 Å². The highest BCUT2D eigenvalue weighted by molar-refractivity contribution is 6.31. The van der Waals surface area contributed by atoms with Crippen molar-refractivity contribution in [3.8, 4) is 0 Å². The van der Waals surface area contributed by atoms with E-state index in [0.29, 0.717) is 5.02 Å². The Hall–Kier alpha value is -1.84. The number of halogens is 1. The SMILES string of the molecule is CC(C)(c1ccccc1)C(O)c1cc(Cl)cc2cn[nH]c12. The number of hydrogen-bond acceptors (Lipinski definition) is 2. The molecule has 0 amide bonds. The molecule has 2 aromatic carbocycles. The number of aliphatic hydroxyl groups is 1. The molecule has 1 aromatic heterocycles. The zero-order chi connectivity index (χ0) is 15.0. The first kappa shape index (κ1) is 14.1. The maximum absolute atomic E-state index is 10.9. The van der Waals surface area contributed by atoms with Crippen LogP contribution < -0.4 is 0 Å². The predicted molar refractivity (Wildman–Crippen MR) is 85.5 cm³/mol. The van der Waals surface area contributed by atoms with E-state index in [1.807, 2.05) is 50.2 Å². The fourth-order valence-corrected chi connectivity index (χ4v) is 2.91. The average Bonchev–Trinajstić information content (AvgIpc) is 2.94. The predicted octanol–water partition coefficient (Wildman–Crippen LogP) is 4.23. The van der Waals surface area contributed by atoms with E-state index in [1.165, 1.54) is 0 Å². The zero-order valence-electron chi connectivity index (χ0n) is 12.0. The summed E-state index contributed by atoms with van der Waals surface area (Å²) in [5.74, 6) is 0. The van der Waals surface area contributed by atoms with Crippen molar-refractivity contribution in [2.24, 2.45) is 0 Å². The number of hydrogen-bond donors (Lipinski definition) is 2. The number of rotatable bonds is 3. The molecule has 21 heavy (non-hydrogen) atoms. The van der Waals surface area contributed by atoms with E-state index < -0.39 is 11.5 Å². The minimum absolute atomic E-state index is 0.440. The van der Waals surface area contributed by atoms with Crippen molar-refractivity contribution in [3.63, 3.8) is 0 Å². The summed E-state index contributed by atoms with van der Waals surface area (Å²) in [5.41, 5.74) is 2.23. The van der Waals surface area contributed by atoms with E-state index in [1.54, 1.807) is 12.3 Å². The first-order chi connectivity index (χ1) is 10.00. The van der Waals surface area contributed by atoms with Gasteiger partial charge < -0.3 is 5.11 Å². The number of nitrogens with one attached hydrogen (secondary N) is 1. The molecule has 1 unspecified atom stereocenters. The summed E-state index contributed by atoms with van der Waals surface area (Å²) in [6, 6.07) is 13.6. The molecule has 2 N–H and O–H groups in total. The molecule has 4 heteroatoms. The van der Waals surface area contributed by atoms with Crippen LogP contribution >= 0.6 is 11.6 Å². The quantitative estimate of drug-likeness (QED) is 0.760. The Kier molecular flexibility index (Phi) is 3.47. The fourth-order valence-electron chi connectivity index (χ4n) is 2.68. The number of benzene rings is 2. The van der Waals surface area contributed by atoms with Gasteiger partial charge in [0.1, 0.15) is 0 Å².